The average Bonchev–Trinajstić information content (AvgIpc) is 3.10. The zero-order chi connectivity index (χ0) is 22.1. The van der Waals surface area contributed by atoms with Gasteiger partial charge >= 0.3 is 10.4 Å². The fourth-order valence-electron chi connectivity index (χ4n) is 3.50. The molecule has 0 aliphatic heterocycles. The Hall–Kier alpha value is -1.02. The summed E-state index contributed by atoms with van der Waals surface area (Å²) in [5.74, 6) is 0. The van der Waals surface area contributed by atoms with Crippen molar-refractivity contribution < 1.29 is 17.5 Å². The Labute approximate surface area is 186 Å². The van der Waals surface area contributed by atoms with Gasteiger partial charge in [-0.1, -0.05) is 103 Å². The number of unbranched alkanes of at least 4 members (excludes halogenated alkanes) is 13. The standard InChI is InChI=1S/C23H37NS.H2O4S/c1-2-3-4-5-6-7-8-9-10-11-12-13-14-15-20-23-24-21-18-16-17-19-22(21)25-23;1-5(2,3)4/h16-19H,2-15,20H2,1H3;(H2,1,2,3,4). The molecule has 1 heterocycles. The van der Waals surface area contributed by atoms with Gasteiger partial charge in [0.05, 0.1) is 15.2 Å². The van der Waals surface area contributed by atoms with E-state index in [1.807, 2.05) is 11.3 Å². The van der Waals surface area contributed by atoms with Crippen LogP contribution in [0.3, 0.4) is 0 Å². The number of nitrogens with zero attached hydrogens (tertiary/aromatic N) is 1. The molecule has 0 fully saturated rings. The lowest BCUT2D eigenvalue weighted by Crippen LogP contribution is -1.89. The summed E-state index contributed by atoms with van der Waals surface area (Å²) in [6.45, 7) is 2.29. The maximum absolute atomic E-state index is 8.74. The van der Waals surface area contributed by atoms with E-state index < -0.39 is 10.4 Å². The lowest BCUT2D eigenvalue weighted by molar-refractivity contribution is 0.381. The fourth-order valence-corrected chi connectivity index (χ4v) is 4.51. The minimum absolute atomic E-state index is 1.16. The quantitative estimate of drug-likeness (QED) is 0.212. The van der Waals surface area contributed by atoms with Crippen LogP contribution in [0.5, 0.6) is 0 Å². The first-order valence-corrected chi connectivity index (χ1v) is 13.7. The van der Waals surface area contributed by atoms with Crippen LogP contribution in [-0.4, -0.2) is 22.5 Å². The molecule has 0 aliphatic carbocycles. The number of hydrogen-bond donors (Lipinski definition) is 2. The lowest BCUT2D eigenvalue weighted by Gasteiger charge is -2.03. The molecule has 0 saturated heterocycles. The summed E-state index contributed by atoms with van der Waals surface area (Å²) >= 11 is 1.87. The molecule has 0 aliphatic rings. The molecule has 2 aromatic rings. The van der Waals surface area contributed by atoms with Crippen LogP contribution in [0.4, 0.5) is 0 Å². The number of para-hydroxylation sites is 1. The van der Waals surface area contributed by atoms with Crippen molar-refractivity contribution in [3.05, 3.63) is 29.3 Å². The van der Waals surface area contributed by atoms with Gasteiger partial charge in [0, 0.05) is 0 Å². The van der Waals surface area contributed by atoms with Gasteiger partial charge in [-0.05, 0) is 25.0 Å². The van der Waals surface area contributed by atoms with Crippen LogP contribution in [0.25, 0.3) is 10.2 Å². The molecule has 172 valence electrons. The van der Waals surface area contributed by atoms with Crippen molar-refractivity contribution in [3.63, 3.8) is 0 Å². The Morgan fingerprint density at radius 3 is 1.67 bits per heavy atom. The summed E-state index contributed by atoms with van der Waals surface area (Å²) in [6.07, 6.45) is 21.1. The summed E-state index contributed by atoms with van der Waals surface area (Å²) in [6, 6.07) is 8.50. The topological polar surface area (TPSA) is 87.5 Å². The summed E-state index contributed by atoms with van der Waals surface area (Å²) in [4.78, 5) is 4.73. The summed E-state index contributed by atoms with van der Waals surface area (Å²) in [5.41, 5.74) is 1.17. The van der Waals surface area contributed by atoms with Gasteiger partial charge in [-0.25, -0.2) is 4.98 Å². The van der Waals surface area contributed by atoms with E-state index in [9.17, 15) is 0 Å². The van der Waals surface area contributed by atoms with Crippen LogP contribution in [0.2, 0.25) is 0 Å². The predicted molar refractivity (Wildman–Crippen MR) is 128 cm³/mol. The Bertz CT molecular complexity index is 733. The second-order valence-electron chi connectivity index (χ2n) is 7.87. The smallest absolute Gasteiger partial charge is 0.264 e. The Morgan fingerprint density at radius 1 is 0.767 bits per heavy atom. The number of benzene rings is 1. The second-order valence-corrected chi connectivity index (χ2v) is 9.88. The van der Waals surface area contributed by atoms with Gasteiger partial charge < -0.3 is 0 Å². The first kappa shape index (κ1) is 27.0. The predicted octanol–water partition coefficient (Wildman–Crippen LogP) is 7.67. The molecule has 0 radical (unpaired) electrons. The molecule has 0 amide bonds. The number of hydrogen-bond acceptors (Lipinski definition) is 4. The fraction of sp³-hybridized carbons (Fsp3) is 0.696. The van der Waals surface area contributed by atoms with Crippen LogP contribution < -0.4 is 0 Å². The Balaban J connectivity index is 0.000000804. The molecule has 0 saturated carbocycles. The number of rotatable bonds is 15. The molecule has 0 bridgehead atoms. The monoisotopic (exact) mass is 457 g/mol. The number of aromatic nitrogens is 1. The van der Waals surface area contributed by atoms with Crippen LogP contribution in [-0.2, 0) is 16.8 Å². The van der Waals surface area contributed by atoms with Crippen LogP contribution in [0.1, 0.15) is 102 Å². The van der Waals surface area contributed by atoms with Gasteiger partial charge in [0.1, 0.15) is 0 Å². The Morgan fingerprint density at radius 2 is 1.20 bits per heavy atom. The van der Waals surface area contributed by atoms with Crippen molar-refractivity contribution in [1.29, 1.82) is 0 Å². The molecular formula is C23H39NO4S2. The second kappa shape index (κ2) is 16.6. The Kier molecular flexibility index (Phi) is 15.0. The van der Waals surface area contributed by atoms with Crippen molar-refractivity contribution in [1.82, 2.24) is 4.98 Å². The van der Waals surface area contributed by atoms with Gasteiger partial charge in [0.15, 0.2) is 0 Å². The summed E-state index contributed by atoms with van der Waals surface area (Å²) in [7, 11) is -4.67. The molecule has 2 rings (SSSR count). The van der Waals surface area contributed by atoms with E-state index in [4.69, 9.17) is 22.5 Å². The molecule has 30 heavy (non-hydrogen) atoms. The van der Waals surface area contributed by atoms with E-state index in [0.29, 0.717) is 0 Å². The van der Waals surface area contributed by atoms with E-state index >= 15 is 0 Å². The molecular weight excluding hydrogens is 418 g/mol. The van der Waals surface area contributed by atoms with Crippen LogP contribution in [0, 0.1) is 0 Å². The normalized spacial score (nSPS) is 11.4. The van der Waals surface area contributed by atoms with Crippen molar-refractivity contribution in [2.75, 3.05) is 0 Å². The summed E-state index contributed by atoms with van der Waals surface area (Å²) < 4.78 is 32.9. The number of aryl methyl sites for hydroxylation is 1. The molecule has 5 nitrogen and oxygen atoms in total. The highest BCUT2D eigenvalue weighted by molar-refractivity contribution is 7.79. The third kappa shape index (κ3) is 15.8. The van der Waals surface area contributed by atoms with Crippen LogP contribution >= 0.6 is 11.3 Å². The van der Waals surface area contributed by atoms with E-state index in [1.165, 1.54) is 105 Å². The lowest BCUT2D eigenvalue weighted by atomic mass is 10.0. The van der Waals surface area contributed by atoms with Gasteiger partial charge in [0.25, 0.3) is 0 Å². The van der Waals surface area contributed by atoms with Gasteiger partial charge in [-0.3, -0.25) is 9.11 Å². The summed E-state index contributed by atoms with van der Waals surface area (Å²) in [5, 5.41) is 1.32. The van der Waals surface area contributed by atoms with Crippen molar-refractivity contribution >= 4 is 32.0 Å². The zero-order valence-corrected chi connectivity index (χ0v) is 20.0. The van der Waals surface area contributed by atoms with Crippen molar-refractivity contribution in [2.24, 2.45) is 0 Å². The highest BCUT2D eigenvalue weighted by atomic mass is 32.3. The SMILES string of the molecule is CCCCCCCCCCCCCCCCc1nc2ccccc2s1.O=S(=O)(O)O. The zero-order valence-electron chi connectivity index (χ0n) is 18.4. The molecule has 1 aromatic carbocycles. The highest BCUT2D eigenvalue weighted by Crippen LogP contribution is 2.23. The van der Waals surface area contributed by atoms with E-state index in [1.54, 1.807) is 0 Å². The molecule has 0 spiro atoms. The molecule has 0 atom stereocenters. The minimum Gasteiger partial charge on any atom is -0.264 e. The average molecular weight is 458 g/mol. The molecule has 2 N–H and O–H groups in total. The highest BCUT2D eigenvalue weighted by Gasteiger charge is 2.02. The van der Waals surface area contributed by atoms with E-state index in [0.717, 1.165) is 6.42 Å². The third-order valence-electron chi connectivity index (χ3n) is 5.08. The van der Waals surface area contributed by atoms with E-state index in [2.05, 4.69) is 31.2 Å². The molecule has 0 unspecified atom stereocenters. The van der Waals surface area contributed by atoms with Gasteiger partial charge in [-0.15, -0.1) is 11.3 Å². The largest absolute Gasteiger partial charge is 0.394 e. The first-order chi connectivity index (χ1) is 14.4. The maximum atomic E-state index is 8.74. The molecule has 7 heteroatoms. The van der Waals surface area contributed by atoms with E-state index in [-0.39, 0.29) is 0 Å². The van der Waals surface area contributed by atoms with Crippen molar-refractivity contribution in [3.8, 4) is 0 Å². The number of fused-ring (bicyclic) bond motifs is 1. The van der Waals surface area contributed by atoms with Crippen molar-refractivity contribution in [2.45, 2.75) is 103 Å². The third-order valence-corrected chi connectivity index (χ3v) is 6.18. The molecule has 1 aromatic heterocycles. The minimum atomic E-state index is -4.67. The van der Waals surface area contributed by atoms with Gasteiger partial charge in [-0.2, -0.15) is 8.42 Å². The van der Waals surface area contributed by atoms with Crippen LogP contribution in [0.15, 0.2) is 24.3 Å². The number of thiazole rings is 1. The maximum Gasteiger partial charge on any atom is 0.394 e. The van der Waals surface area contributed by atoms with Gasteiger partial charge in [0.2, 0.25) is 0 Å². The first-order valence-electron chi connectivity index (χ1n) is 11.4.